The standard InChI is InChI=1S/C10H19N2O2P.3CO.Fe/c1-11(2)15(13,12(3)4)14-10-8-6-5-7-9-10;3*1-2;/h6,8-9H,5,7H2,1-4H3;;;;. The van der Waals surface area contributed by atoms with E-state index in [4.69, 9.17) is 18.5 Å². The maximum atomic E-state index is 12.4. The van der Waals surface area contributed by atoms with Crippen molar-refractivity contribution in [3.8, 4) is 0 Å². The molecule has 0 aromatic heterocycles. The van der Waals surface area contributed by atoms with Crippen LogP contribution in [0.3, 0.4) is 0 Å². The maximum Gasteiger partial charge on any atom is 0 e. The molecular formula is C13H19FeN2O5P. The second-order valence-electron chi connectivity index (χ2n) is 3.86. The minimum Gasteiger partial charge on any atom is 0 e. The quantitative estimate of drug-likeness (QED) is 0.328. The fourth-order valence-corrected chi connectivity index (χ4v) is 2.77. The Labute approximate surface area is 143 Å². The van der Waals surface area contributed by atoms with Crippen molar-refractivity contribution < 1.29 is 40.1 Å². The van der Waals surface area contributed by atoms with Gasteiger partial charge in [0.15, 0.2) is 0 Å². The van der Waals surface area contributed by atoms with Gasteiger partial charge in [-0.25, -0.2) is 9.34 Å². The Morgan fingerprint density at radius 2 is 1.41 bits per heavy atom. The van der Waals surface area contributed by atoms with Crippen molar-refractivity contribution in [2.24, 2.45) is 0 Å². The van der Waals surface area contributed by atoms with Crippen LogP contribution in [-0.4, -0.2) is 37.5 Å². The van der Waals surface area contributed by atoms with Gasteiger partial charge in [-0.3, -0.25) is 9.09 Å². The summed E-state index contributed by atoms with van der Waals surface area (Å²) < 4.78 is 43.8. The molecule has 1 aliphatic carbocycles. The summed E-state index contributed by atoms with van der Waals surface area (Å²) in [6.07, 6.45) is 8.56. The van der Waals surface area contributed by atoms with E-state index >= 15 is 0 Å². The first kappa shape index (κ1) is 29.8. The van der Waals surface area contributed by atoms with Gasteiger partial charge in [-0.1, -0.05) is 0 Å². The normalized spacial score (nSPS) is 14.0. The molecule has 0 spiro atoms. The fourth-order valence-electron chi connectivity index (χ4n) is 1.32. The molecule has 0 bridgehead atoms. The fraction of sp³-hybridized carbons (Fsp3) is 0.462. The molecule has 1 fully saturated rings. The third kappa shape index (κ3) is 11.4. The van der Waals surface area contributed by atoms with Crippen LogP contribution in [0.25, 0.3) is 0 Å². The van der Waals surface area contributed by atoms with Crippen LogP contribution >= 0.6 is 7.67 Å². The first-order valence-electron chi connectivity index (χ1n) is 5.60. The molecule has 1 rings (SSSR count). The Bertz CT molecular complexity index is 326. The SMILES string of the molecule is CN(C)P(=O)(O[C]1[CH][CH]CC[CH]1)N(C)C.[C-]#[O+].[C-]#[O+].[C-]#[O+].[Fe]. The third-order valence-electron chi connectivity index (χ3n) is 2.20. The number of hydrogen-bond acceptors (Lipinski definition) is 2. The van der Waals surface area contributed by atoms with Crippen molar-refractivity contribution in [3.05, 3.63) is 45.3 Å². The van der Waals surface area contributed by atoms with E-state index in [0.29, 0.717) is 6.10 Å². The second-order valence-corrected chi connectivity index (χ2v) is 6.63. The van der Waals surface area contributed by atoms with E-state index in [1.807, 2.05) is 19.3 Å². The maximum absolute atomic E-state index is 12.4. The predicted molar refractivity (Wildman–Crippen MR) is 73.2 cm³/mol. The van der Waals surface area contributed by atoms with Crippen molar-refractivity contribution in [3.63, 3.8) is 0 Å². The molecule has 0 aromatic rings. The van der Waals surface area contributed by atoms with Crippen molar-refractivity contribution in [2.75, 3.05) is 28.2 Å². The number of rotatable bonds is 4. The Hall–Kier alpha value is -0.151. The first-order chi connectivity index (χ1) is 9.97. The summed E-state index contributed by atoms with van der Waals surface area (Å²) in [4.78, 5) is 0. The first-order valence-corrected chi connectivity index (χ1v) is 7.13. The van der Waals surface area contributed by atoms with Gasteiger partial charge in [0.25, 0.3) is 0 Å². The molecule has 7 nitrogen and oxygen atoms in total. The average molecular weight is 370 g/mol. The van der Waals surface area contributed by atoms with E-state index in [1.54, 1.807) is 37.5 Å². The van der Waals surface area contributed by atoms with Gasteiger partial charge in [-0.05, 0) is 53.9 Å². The monoisotopic (exact) mass is 370 g/mol. The number of nitrogens with zero attached hydrogens (tertiary/aromatic N) is 2. The van der Waals surface area contributed by atoms with Gasteiger partial charge < -0.3 is 0 Å². The van der Waals surface area contributed by atoms with Crippen molar-refractivity contribution in [1.82, 2.24) is 9.34 Å². The van der Waals surface area contributed by atoms with Crippen LogP contribution in [0.2, 0.25) is 0 Å². The molecule has 22 heavy (non-hydrogen) atoms. The summed E-state index contributed by atoms with van der Waals surface area (Å²) >= 11 is 0. The molecule has 0 atom stereocenters. The minimum absolute atomic E-state index is 0. The van der Waals surface area contributed by atoms with Crippen molar-refractivity contribution in [1.29, 1.82) is 0 Å². The van der Waals surface area contributed by atoms with Crippen LogP contribution in [0, 0.1) is 45.3 Å². The van der Waals surface area contributed by atoms with E-state index in [-0.39, 0.29) is 17.1 Å². The van der Waals surface area contributed by atoms with Gasteiger partial charge in [0.2, 0.25) is 0 Å². The molecule has 0 aliphatic heterocycles. The third-order valence-corrected chi connectivity index (χ3v) is 4.67. The molecule has 0 N–H and O–H groups in total. The Morgan fingerprint density at radius 3 is 1.68 bits per heavy atom. The molecule has 4 radical (unpaired) electrons. The average Bonchev–Trinajstić information content (AvgIpc) is 2.53. The summed E-state index contributed by atoms with van der Waals surface area (Å²) in [6.45, 7) is 13.5. The smallest absolute Gasteiger partial charge is 0 e. The van der Waals surface area contributed by atoms with E-state index in [9.17, 15) is 4.57 Å². The van der Waals surface area contributed by atoms with Gasteiger partial charge in [-0.15, -0.1) is 0 Å². The molecule has 0 saturated heterocycles. The molecular weight excluding hydrogens is 351 g/mol. The zero-order chi connectivity index (χ0) is 17.5. The molecule has 124 valence electrons. The summed E-state index contributed by atoms with van der Waals surface area (Å²) in [5.41, 5.74) is 0. The summed E-state index contributed by atoms with van der Waals surface area (Å²) in [5.74, 6) is 0. The van der Waals surface area contributed by atoms with Gasteiger partial charge in [-0.2, -0.15) is 0 Å². The van der Waals surface area contributed by atoms with E-state index in [1.165, 1.54) is 0 Å². The Morgan fingerprint density at radius 1 is 1.00 bits per heavy atom. The summed E-state index contributed by atoms with van der Waals surface area (Å²) in [5, 5.41) is 0. The second kappa shape index (κ2) is 18.9. The largest absolute Gasteiger partial charge is 0 e. The molecule has 1 aliphatic rings. The van der Waals surface area contributed by atoms with Gasteiger partial charge >= 0.3 is 41.6 Å². The summed E-state index contributed by atoms with van der Waals surface area (Å²) in [7, 11) is 4.15. The van der Waals surface area contributed by atoms with Crippen molar-refractivity contribution in [2.45, 2.75) is 12.8 Å². The molecule has 9 heteroatoms. The zero-order valence-electron chi connectivity index (χ0n) is 12.9. The van der Waals surface area contributed by atoms with Gasteiger partial charge in [0.1, 0.15) is 6.10 Å². The van der Waals surface area contributed by atoms with E-state index in [2.05, 4.69) is 20.0 Å². The molecule has 0 unspecified atom stereocenters. The van der Waals surface area contributed by atoms with Crippen LogP contribution in [0.5, 0.6) is 0 Å². The van der Waals surface area contributed by atoms with Gasteiger partial charge in [0.05, 0.1) is 0 Å². The van der Waals surface area contributed by atoms with Crippen LogP contribution < -0.4 is 0 Å². The molecule has 0 heterocycles. The minimum atomic E-state index is -2.88. The van der Waals surface area contributed by atoms with Crippen molar-refractivity contribution >= 4 is 7.67 Å². The van der Waals surface area contributed by atoms with E-state index in [0.717, 1.165) is 12.8 Å². The molecule has 0 aromatic carbocycles. The van der Waals surface area contributed by atoms with Crippen LogP contribution in [0.1, 0.15) is 12.8 Å². The van der Waals surface area contributed by atoms with Crippen LogP contribution in [-0.2, 0) is 40.1 Å². The van der Waals surface area contributed by atoms with E-state index < -0.39 is 7.67 Å². The number of hydrogen-bond donors (Lipinski definition) is 0. The predicted octanol–water partition coefficient (Wildman–Crippen LogP) is 2.06. The Balaban J connectivity index is -0.000000206. The zero-order valence-corrected chi connectivity index (χ0v) is 14.9. The van der Waals surface area contributed by atoms with Gasteiger partial charge in [0, 0.05) is 23.5 Å². The topological polar surface area (TPSA) is 92.5 Å². The van der Waals surface area contributed by atoms with Crippen LogP contribution in [0.15, 0.2) is 0 Å². The summed E-state index contributed by atoms with van der Waals surface area (Å²) in [6, 6.07) is 0. The molecule has 0 amide bonds. The molecule has 1 saturated carbocycles. The Kier molecular flexibility index (Phi) is 25.6. The van der Waals surface area contributed by atoms with Crippen LogP contribution in [0.4, 0.5) is 0 Å².